The smallest absolute Gasteiger partial charge is 0.269 e. The molecule has 8 heteroatoms. The lowest BCUT2D eigenvalue weighted by atomic mass is 10.2. The van der Waals surface area contributed by atoms with Crippen LogP contribution in [0.1, 0.15) is 23.2 Å². The summed E-state index contributed by atoms with van der Waals surface area (Å²) in [4.78, 5) is 33.5. The van der Waals surface area contributed by atoms with Crippen molar-refractivity contribution in [2.75, 3.05) is 11.9 Å². The largest absolute Gasteiger partial charge is 0.385 e. The highest BCUT2D eigenvalue weighted by molar-refractivity contribution is 5.95. The third-order valence-corrected chi connectivity index (χ3v) is 3.34. The van der Waals surface area contributed by atoms with Crippen molar-refractivity contribution in [1.82, 2.24) is 10.9 Å². The number of non-ortho nitro benzene ring substituents is 1. The predicted molar refractivity (Wildman–Crippen MR) is 92.9 cm³/mol. The van der Waals surface area contributed by atoms with Crippen LogP contribution in [0.15, 0.2) is 54.6 Å². The number of amides is 2. The zero-order valence-electron chi connectivity index (χ0n) is 13.4. The van der Waals surface area contributed by atoms with Crippen LogP contribution in [-0.2, 0) is 4.79 Å². The molecule has 2 rings (SSSR count). The zero-order chi connectivity index (χ0) is 18.1. The van der Waals surface area contributed by atoms with Crippen LogP contribution in [0.5, 0.6) is 0 Å². The van der Waals surface area contributed by atoms with Gasteiger partial charge in [0.15, 0.2) is 0 Å². The Balaban J connectivity index is 1.63. The molecule has 0 atom stereocenters. The molecule has 0 fully saturated rings. The minimum Gasteiger partial charge on any atom is -0.385 e. The Hall–Kier alpha value is -3.42. The van der Waals surface area contributed by atoms with Crippen molar-refractivity contribution in [3.8, 4) is 0 Å². The molecule has 0 saturated carbocycles. The molecule has 130 valence electrons. The first-order valence-corrected chi connectivity index (χ1v) is 7.69. The number of nitro benzene ring substituents is 1. The summed E-state index contributed by atoms with van der Waals surface area (Å²) >= 11 is 0. The van der Waals surface area contributed by atoms with E-state index in [1.165, 1.54) is 12.1 Å². The highest BCUT2D eigenvalue weighted by atomic mass is 16.6. The van der Waals surface area contributed by atoms with Crippen LogP contribution in [0.3, 0.4) is 0 Å². The Morgan fingerprint density at radius 2 is 1.64 bits per heavy atom. The number of rotatable bonds is 7. The lowest BCUT2D eigenvalue weighted by Gasteiger charge is -2.08. The van der Waals surface area contributed by atoms with E-state index in [0.29, 0.717) is 18.5 Å². The molecule has 0 bridgehead atoms. The van der Waals surface area contributed by atoms with Crippen molar-refractivity contribution in [1.29, 1.82) is 0 Å². The quantitative estimate of drug-likeness (QED) is 0.406. The number of nitrogens with zero attached hydrogens (tertiary/aromatic N) is 1. The van der Waals surface area contributed by atoms with Crippen molar-refractivity contribution in [3.63, 3.8) is 0 Å². The van der Waals surface area contributed by atoms with Gasteiger partial charge in [0.05, 0.1) is 4.92 Å². The summed E-state index contributed by atoms with van der Waals surface area (Å²) < 4.78 is 0. The van der Waals surface area contributed by atoms with Crippen LogP contribution in [0.4, 0.5) is 11.4 Å². The Labute approximate surface area is 144 Å². The molecular weight excluding hydrogens is 324 g/mol. The van der Waals surface area contributed by atoms with Crippen molar-refractivity contribution in [2.24, 2.45) is 0 Å². The molecule has 0 saturated heterocycles. The maximum atomic E-state index is 11.8. The number of hydrogen-bond acceptors (Lipinski definition) is 5. The second-order valence-electron chi connectivity index (χ2n) is 5.20. The second-order valence-corrected chi connectivity index (χ2v) is 5.20. The normalized spacial score (nSPS) is 9.92. The number of nitro groups is 1. The third kappa shape index (κ3) is 5.94. The number of benzene rings is 2. The minimum absolute atomic E-state index is 0.0269. The van der Waals surface area contributed by atoms with Crippen LogP contribution in [0.25, 0.3) is 0 Å². The van der Waals surface area contributed by atoms with Crippen molar-refractivity contribution >= 4 is 23.2 Å². The first-order chi connectivity index (χ1) is 12.1. The molecule has 0 aliphatic rings. The zero-order valence-corrected chi connectivity index (χ0v) is 13.4. The summed E-state index contributed by atoms with van der Waals surface area (Å²) in [7, 11) is 0. The molecule has 0 radical (unpaired) electrons. The molecule has 2 aromatic rings. The molecule has 0 spiro atoms. The van der Waals surface area contributed by atoms with E-state index in [1.54, 1.807) is 42.5 Å². The van der Waals surface area contributed by atoms with E-state index >= 15 is 0 Å². The summed E-state index contributed by atoms with van der Waals surface area (Å²) in [5.74, 6) is -0.673. The Bertz CT molecular complexity index is 732. The van der Waals surface area contributed by atoms with Gasteiger partial charge in [-0.15, -0.1) is 0 Å². The van der Waals surface area contributed by atoms with Crippen molar-refractivity contribution in [2.45, 2.75) is 12.8 Å². The van der Waals surface area contributed by atoms with Gasteiger partial charge in [-0.3, -0.25) is 30.6 Å². The van der Waals surface area contributed by atoms with Gasteiger partial charge < -0.3 is 5.32 Å². The number of carbonyl (C=O) groups excluding carboxylic acids is 2. The summed E-state index contributed by atoms with van der Waals surface area (Å²) in [5.41, 5.74) is 5.94. The molecule has 2 amide bonds. The molecule has 0 aliphatic heterocycles. The van der Waals surface area contributed by atoms with Gasteiger partial charge in [-0.2, -0.15) is 0 Å². The minimum atomic E-state index is -0.460. The van der Waals surface area contributed by atoms with Crippen LogP contribution in [0, 0.1) is 10.1 Å². The van der Waals surface area contributed by atoms with E-state index in [1.807, 2.05) is 0 Å². The first-order valence-electron chi connectivity index (χ1n) is 7.69. The third-order valence-electron chi connectivity index (χ3n) is 3.34. The number of hydrogen-bond donors (Lipinski definition) is 3. The average Bonchev–Trinajstić information content (AvgIpc) is 2.64. The Morgan fingerprint density at radius 3 is 2.28 bits per heavy atom. The molecular formula is C17H18N4O4. The first kappa shape index (κ1) is 17.9. The van der Waals surface area contributed by atoms with Crippen LogP contribution < -0.4 is 16.2 Å². The van der Waals surface area contributed by atoms with Crippen LogP contribution in [0.2, 0.25) is 0 Å². The number of nitrogens with one attached hydrogen (secondary N) is 3. The molecule has 25 heavy (non-hydrogen) atoms. The van der Waals surface area contributed by atoms with Gasteiger partial charge in [0.2, 0.25) is 5.91 Å². The lowest BCUT2D eigenvalue weighted by molar-refractivity contribution is -0.384. The molecule has 8 nitrogen and oxygen atoms in total. The number of anilines is 1. The second kappa shape index (κ2) is 9.02. The van der Waals surface area contributed by atoms with E-state index in [9.17, 15) is 19.7 Å². The summed E-state index contributed by atoms with van der Waals surface area (Å²) in [6.45, 7) is 0.526. The summed E-state index contributed by atoms with van der Waals surface area (Å²) in [5, 5.41) is 13.6. The fraction of sp³-hybridized carbons (Fsp3) is 0.176. The predicted octanol–water partition coefficient (Wildman–Crippen LogP) is 2.25. The van der Waals surface area contributed by atoms with E-state index in [4.69, 9.17) is 0 Å². The van der Waals surface area contributed by atoms with E-state index < -0.39 is 4.92 Å². The topological polar surface area (TPSA) is 113 Å². The van der Waals surface area contributed by atoms with Crippen molar-refractivity contribution < 1.29 is 14.5 Å². The van der Waals surface area contributed by atoms with Gasteiger partial charge in [-0.25, -0.2) is 0 Å². The van der Waals surface area contributed by atoms with Gasteiger partial charge in [-0.05, 0) is 30.7 Å². The molecule has 0 heterocycles. The van der Waals surface area contributed by atoms with Crippen molar-refractivity contribution in [3.05, 3.63) is 70.3 Å². The van der Waals surface area contributed by atoms with Gasteiger partial charge in [-0.1, -0.05) is 18.2 Å². The summed E-state index contributed by atoms with van der Waals surface area (Å²) in [6.07, 6.45) is 0.777. The van der Waals surface area contributed by atoms with E-state index in [0.717, 1.165) is 5.69 Å². The molecule has 3 N–H and O–H groups in total. The number of hydrazine groups is 1. The lowest BCUT2D eigenvalue weighted by Crippen LogP contribution is -2.41. The van der Waals surface area contributed by atoms with Crippen LogP contribution in [-0.4, -0.2) is 23.3 Å². The fourth-order valence-electron chi connectivity index (χ4n) is 2.03. The fourth-order valence-corrected chi connectivity index (χ4v) is 2.03. The maximum absolute atomic E-state index is 11.8. The summed E-state index contributed by atoms with van der Waals surface area (Å²) in [6, 6.07) is 14.6. The SMILES string of the molecule is O=C(CCCNc1ccc([N+](=O)[O-])cc1)NNC(=O)c1ccccc1. The van der Waals surface area contributed by atoms with Crippen LogP contribution >= 0.6 is 0 Å². The standard InChI is InChI=1S/C17H18N4O4/c22-16(19-20-17(23)13-5-2-1-3-6-13)7-4-12-18-14-8-10-15(11-9-14)21(24)25/h1-3,5-6,8-11,18H,4,7,12H2,(H,19,22)(H,20,23). The number of carbonyl (C=O) groups is 2. The molecule has 0 unspecified atom stereocenters. The molecule has 2 aromatic carbocycles. The van der Waals surface area contributed by atoms with E-state index in [2.05, 4.69) is 16.2 Å². The Morgan fingerprint density at radius 1 is 0.960 bits per heavy atom. The van der Waals surface area contributed by atoms with Gasteiger partial charge >= 0.3 is 0 Å². The highest BCUT2D eigenvalue weighted by Gasteiger charge is 2.07. The van der Waals surface area contributed by atoms with Gasteiger partial charge in [0.1, 0.15) is 0 Å². The monoisotopic (exact) mass is 342 g/mol. The highest BCUT2D eigenvalue weighted by Crippen LogP contribution is 2.15. The van der Waals surface area contributed by atoms with E-state index in [-0.39, 0.29) is 23.9 Å². The molecule has 0 aliphatic carbocycles. The maximum Gasteiger partial charge on any atom is 0.269 e. The average molecular weight is 342 g/mol. The van der Waals surface area contributed by atoms with Gasteiger partial charge in [0.25, 0.3) is 11.6 Å². The molecule has 0 aromatic heterocycles. The Kier molecular flexibility index (Phi) is 6.47. The van der Waals surface area contributed by atoms with Gasteiger partial charge in [0, 0.05) is 36.3 Å².